The van der Waals surface area contributed by atoms with Crippen molar-refractivity contribution >= 4 is 17.2 Å². The quantitative estimate of drug-likeness (QED) is 0.401. The fraction of sp³-hybridized carbons (Fsp3) is 0.207. The molecular weight excluding hydrogens is 434 g/mol. The van der Waals surface area contributed by atoms with Crippen molar-refractivity contribution in [2.75, 3.05) is 23.7 Å². The predicted molar refractivity (Wildman–Crippen MR) is 141 cm³/mol. The normalized spacial score (nSPS) is 15.7. The lowest BCUT2D eigenvalue weighted by Crippen LogP contribution is -2.43. The van der Waals surface area contributed by atoms with Crippen molar-refractivity contribution in [1.82, 2.24) is 9.97 Å². The number of Topliss-reactive ketones (excluding diaryl/α,β-unsaturated/α-hetero) is 1. The molecule has 0 saturated carbocycles. The largest absolute Gasteiger partial charge is 0.397 e. The van der Waals surface area contributed by atoms with Gasteiger partial charge >= 0.3 is 0 Å². The van der Waals surface area contributed by atoms with Gasteiger partial charge in [-0.05, 0) is 48.2 Å². The van der Waals surface area contributed by atoms with E-state index in [9.17, 15) is 4.79 Å². The van der Waals surface area contributed by atoms with Gasteiger partial charge < -0.3 is 16.4 Å². The third-order valence-electron chi connectivity index (χ3n) is 6.48. The summed E-state index contributed by atoms with van der Waals surface area (Å²) in [6, 6.07) is 24.1. The number of carbonyl (C=O) groups is 1. The van der Waals surface area contributed by atoms with Gasteiger partial charge in [-0.2, -0.15) is 0 Å². The minimum Gasteiger partial charge on any atom is -0.397 e. The van der Waals surface area contributed by atoms with Gasteiger partial charge in [-0.15, -0.1) is 0 Å². The Morgan fingerprint density at radius 2 is 1.77 bits per heavy atom. The Bertz CT molecular complexity index is 1340. The van der Waals surface area contributed by atoms with Crippen LogP contribution in [0.4, 0.5) is 11.4 Å². The lowest BCUT2D eigenvalue weighted by molar-refractivity contribution is 0.0989. The van der Waals surface area contributed by atoms with Crippen LogP contribution in [0.2, 0.25) is 0 Å². The molecule has 1 aliphatic rings. The first-order valence-corrected chi connectivity index (χ1v) is 12.0. The molecule has 4 aromatic rings. The SMILES string of the molecule is Nc1ccc(-c2cccc(-c3ccccc3)c2)nc1C(=O)Cc1cnccc1N1CCC[C@H](N)C1. The fourth-order valence-corrected chi connectivity index (χ4v) is 4.69. The molecule has 4 N–H and O–H groups in total. The first kappa shape index (κ1) is 22.7. The van der Waals surface area contributed by atoms with Crippen LogP contribution in [0.15, 0.2) is 85.2 Å². The summed E-state index contributed by atoms with van der Waals surface area (Å²) < 4.78 is 0. The van der Waals surface area contributed by atoms with Crippen LogP contribution < -0.4 is 16.4 Å². The molecule has 5 rings (SSSR count). The van der Waals surface area contributed by atoms with E-state index in [-0.39, 0.29) is 23.9 Å². The number of hydrogen-bond donors (Lipinski definition) is 2. The minimum absolute atomic E-state index is 0.126. The second-order valence-corrected chi connectivity index (χ2v) is 9.03. The van der Waals surface area contributed by atoms with Crippen LogP contribution in [0.3, 0.4) is 0 Å². The summed E-state index contributed by atoms with van der Waals surface area (Å²) in [4.78, 5) is 24.6. The number of carbonyl (C=O) groups excluding carboxylic acids is 1. The molecule has 1 saturated heterocycles. The molecule has 3 heterocycles. The van der Waals surface area contributed by atoms with E-state index in [1.807, 2.05) is 42.5 Å². The number of nitrogens with two attached hydrogens (primary N) is 2. The zero-order valence-electron chi connectivity index (χ0n) is 19.6. The first-order chi connectivity index (χ1) is 17.1. The average Bonchev–Trinajstić information content (AvgIpc) is 2.90. The molecule has 176 valence electrons. The highest BCUT2D eigenvalue weighted by Gasteiger charge is 2.22. The molecule has 0 unspecified atom stereocenters. The summed E-state index contributed by atoms with van der Waals surface area (Å²) in [7, 11) is 0. The van der Waals surface area contributed by atoms with Gasteiger partial charge in [0.1, 0.15) is 5.69 Å². The van der Waals surface area contributed by atoms with Crippen LogP contribution >= 0.6 is 0 Å². The highest BCUT2D eigenvalue weighted by atomic mass is 16.1. The minimum atomic E-state index is -0.126. The van der Waals surface area contributed by atoms with Gasteiger partial charge in [-0.1, -0.05) is 48.5 Å². The number of ketones is 1. The molecule has 1 atom stereocenters. The van der Waals surface area contributed by atoms with Crippen molar-refractivity contribution in [3.63, 3.8) is 0 Å². The van der Waals surface area contributed by atoms with E-state index in [1.165, 1.54) is 0 Å². The number of benzene rings is 2. The van der Waals surface area contributed by atoms with E-state index in [0.29, 0.717) is 11.4 Å². The molecule has 2 aromatic heterocycles. The second kappa shape index (κ2) is 10.1. The van der Waals surface area contributed by atoms with Crippen LogP contribution in [0, 0.1) is 0 Å². The van der Waals surface area contributed by atoms with E-state index in [2.05, 4.69) is 34.1 Å². The number of nitrogens with zero attached hydrogens (tertiary/aromatic N) is 3. The van der Waals surface area contributed by atoms with E-state index in [4.69, 9.17) is 16.5 Å². The standard InChI is InChI=1S/C29H29N5O/c30-24-10-5-15-34(19-24)27-13-14-32-18-23(27)17-28(35)29-25(31)11-12-26(33-29)22-9-4-8-21(16-22)20-6-2-1-3-7-20/h1-4,6-9,11-14,16,18,24H,5,10,15,17,19,30-31H2/t24-/m0/s1. The van der Waals surface area contributed by atoms with Crippen molar-refractivity contribution in [2.24, 2.45) is 5.73 Å². The van der Waals surface area contributed by atoms with Crippen molar-refractivity contribution < 1.29 is 4.79 Å². The van der Waals surface area contributed by atoms with Gasteiger partial charge in [-0.25, -0.2) is 4.98 Å². The number of pyridine rings is 2. The Balaban J connectivity index is 1.42. The van der Waals surface area contributed by atoms with E-state index in [0.717, 1.165) is 53.9 Å². The monoisotopic (exact) mass is 463 g/mol. The summed E-state index contributed by atoms with van der Waals surface area (Å²) in [5.74, 6) is -0.126. The smallest absolute Gasteiger partial charge is 0.187 e. The van der Waals surface area contributed by atoms with Gasteiger partial charge in [0.2, 0.25) is 0 Å². The van der Waals surface area contributed by atoms with Gasteiger partial charge in [0.05, 0.1) is 11.4 Å². The zero-order valence-corrected chi connectivity index (χ0v) is 19.6. The lowest BCUT2D eigenvalue weighted by Gasteiger charge is -2.33. The first-order valence-electron chi connectivity index (χ1n) is 12.0. The summed E-state index contributed by atoms with van der Waals surface area (Å²) in [5.41, 5.74) is 18.8. The Labute approximate surface area is 205 Å². The third-order valence-corrected chi connectivity index (χ3v) is 6.48. The van der Waals surface area contributed by atoms with Crippen molar-refractivity contribution in [1.29, 1.82) is 0 Å². The molecule has 0 spiro atoms. The molecule has 0 radical (unpaired) electrons. The number of nitrogen functional groups attached to an aromatic ring is 1. The van der Waals surface area contributed by atoms with E-state index < -0.39 is 0 Å². The number of piperidine rings is 1. The molecule has 0 amide bonds. The maximum atomic E-state index is 13.4. The highest BCUT2D eigenvalue weighted by Crippen LogP contribution is 2.28. The number of aromatic nitrogens is 2. The topological polar surface area (TPSA) is 98.1 Å². The van der Waals surface area contributed by atoms with Crippen LogP contribution in [-0.2, 0) is 6.42 Å². The van der Waals surface area contributed by atoms with Gasteiger partial charge in [0.25, 0.3) is 0 Å². The number of hydrogen-bond acceptors (Lipinski definition) is 6. The Morgan fingerprint density at radius 1 is 0.971 bits per heavy atom. The maximum absolute atomic E-state index is 13.4. The summed E-state index contributed by atoms with van der Waals surface area (Å²) in [6.45, 7) is 1.70. The number of anilines is 2. The average molecular weight is 464 g/mol. The van der Waals surface area contributed by atoms with Gasteiger partial charge in [-0.3, -0.25) is 9.78 Å². The Kier molecular flexibility index (Phi) is 6.55. The molecule has 35 heavy (non-hydrogen) atoms. The Hall–Kier alpha value is -4.03. The summed E-state index contributed by atoms with van der Waals surface area (Å²) in [5, 5.41) is 0. The molecule has 2 aromatic carbocycles. The predicted octanol–water partition coefficient (Wildman–Crippen LogP) is 4.75. The fourth-order valence-electron chi connectivity index (χ4n) is 4.69. The third kappa shape index (κ3) is 5.08. The van der Waals surface area contributed by atoms with Gasteiger partial charge in [0.15, 0.2) is 5.78 Å². The van der Waals surface area contributed by atoms with E-state index in [1.54, 1.807) is 18.5 Å². The second-order valence-electron chi connectivity index (χ2n) is 9.03. The number of rotatable bonds is 6. The molecule has 6 nitrogen and oxygen atoms in total. The summed E-state index contributed by atoms with van der Waals surface area (Å²) in [6.07, 6.45) is 5.76. The molecule has 0 aliphatic carbocycles. The van der Waals surface area contributed by atoms with Crippen LogP contribution in [0.25, 0.3) is 22.4 Å². The molecule has 6 heteroatoms. The molecule has 1 aliphatic heterocycles. The van der Waals surface area contributed by atoms with Crippen molar-refractivity contribution in [3.8, 4) is 22.4 Å². The summed E-state index contributed by atoms with van der Waals surface area (Å²) >= 11 is 0. The maximum Gasteiger partial charge on any atom is 0.187 e. The van der Waals surface area contributed by atoms with Crippen LogP contribution in [0.5, 0.6) is 0 Å². The zero-order chi connectivity index (χ0) is 24.2. The van der Waals surface area contributed by atoms with Crippen molar-refractivity contribution in [3.05, 3.63) is 96.4 Å². The van der Waals surface area contributed by atoms with Crippen LogP contribution in [-0.4, -0.2) is 34.9 Å². The van der Waals surface area contributed by atoms with Crippen LogP contribution in [0.1, 0.15) is 28.9 Å². The molecular formula is C29H29N5O. The van der Waals surface area contributed by atoms with Gasteiger partial charge in [0, 0.05) is 54.8 Å². The lowest BCUT2D eigenvalue weighted by atomic mass is 10.00. The van der Waals surface area contributed by atoms with E-state index >= 15 is 0 Å². The molecule has 0 bridgehead atoms. The Morgan fingerprint density at radius 3 is 2.60 bits per heavy atom. The molecule has 1 fully saturated rings. The van der Waals surface area contributed by atoms with Crippen molar-refractivity contribution in [2.45, 2.75) is 25.3 Å². The highest BCUT2D eigenvalue weighted by molar-refractivity contribution is 6.01.